The maximum absolute atomic E-state index is 4.56. The van der Waals surface area contributed by atoms with E-state index >= 15 is 0 Å². The Bertz CT molecular complexity index is 214. The van der Waals surface area contributed by atoms with Gasteiger partial charge in [-0.15, -0.1) is 0 Å². The van der Waals surface area contributed by atoms with Gasteiger partial charge in [-0.05, 0) is 32.1 Å². The topological polar surface area (TPSA) is 24.4 Å². The van der Waals surface area contributed by atoms with Crippen LogP contribution in [0.25, 0.3) is 0 Å². The molecule has 74 valence electrons. The summed E-state index contributed by atoms with van der Waals surface area (Å²) in [5, 5.41) is 4.56. The van der Waals surface area contributed by atoms with Crippen LogP contribution in [0.2, 0.25) is 0 Å². The fourth-order valence-electron chi connectivity index (χ4n) is 1.93. The van der Waals surface area contributed by atoms with Crippen LogP contribution in [0.4, 0.5) is 0 Å². The largest absolute Gasteiger partial charge is 0.307 e. The van der Waals surface area contributed by atoms with Gasteiger partial charge in [-0.1, -0.05) is 20.3 Å². The number of hydrogen-bond donors (Lipinski definition) is 1. The van der Waals surface area contributed by atoms with E-state index in [1.165, 1.54) is 44.2 Å². The first-order valence-corrected chi connectivity index (χ1v) is 5.51. The lowest BCUT2D eigenvalue weighted by Gasteiger charge is -2.31. The summed E-state index contributed by atoms with van der Waals surface area (Å²) >= 11 is 0. The van der Waals surface area contributed by atoms with Crippen LogP contribution in [-0.4, -0.2) is 11.8 Å². The van der Waals surface area contributed by atoms with Crippen molar-refractivity contribution >= 4 is 5.71 Å². The highest BCUT2D eigenvalue weighted by Crippen LogP contribution is 2.33. The molecule has 0 aromatic rings. The molecule has 0 spiro atoms. The summed E-state index contributed by atoms with van der Waals surface area (Å²) < 4.78 is 0. The van der Waals surface area contributed by atoms with Crippen molar-refractivity contribution in [1.82, 2.24) is 5.43 Å². The van der Waals surface area contributed by atoms with E-state index in [4.69, 9.17) is 0 Å². The molecule has 0 atom stereocenters. The molecule has 0 saturated heterocycles. The fourth-order valence-corrected chi connectivity index (χ4v) is 1.93. The molecular weight excluding hydrogens is 160 g/mol. The Morgan fingerprint density at radius 1 is 1.31 bits per heavy atom. The van der Waals surface area contributed by atoms with Crippen LogP contribution in [0.3, 0.4) is 0 Å². The number of hydrogen-bond acceptors (Lipinski definition) is 2. The van der Waals surface area contributed by atoms with Crippen molar-refractivity contribution < 1.29 is 0 Å². The van der Waals surface area contributed by atoms with Gasteiger partial charge >= 0.3 is 0 Å². The first-order valence-electron chi connectivity index (χ1n) is 5.51. The summed E-state index contributed by atoms with van der Waals surface area (Å²) in [5.74, 6) is 0. The van der Waals surface area contributed by atoms with Gasteiger partial charge in [0.15, 0.2) is 0 Å². The van der Waals surface area contributed by atoms with Crippen LogP contribution in [0.15, 0.2) is 5.10 Å². The molecule has 0 aromatic heterocycles. The lowest BCUT2D eigenvalue weighted by atomic mass is 9.76. The average molecular weight is 180 g/mol. The van der Waals surface area contributed by atoms with Gasteiger partial charge in [-0.25, -0.2) is 0 Å². The van der Waals surface area contributed by atoms with E-state index in [1.807, 2.05) is 0 Å². The Balaban J connectivity index is 1.96. The second-order valence-electron chi connectivity index (χ2n) is 5.05. The highest BCUT2D eigenvalue weighted by molar-refractivity contribution is 5.90. The van der Waals surface area contributed by atoms with Gasteiger partial charge in [0.2, 0.25) is 0 Å². The van der Waals surface area contributed by atoms with E-state index in [-0.39, 0.29) is 0 Å². The molecule has 2 aliphatic carbocycles. The molecule has 2 saturated carbocycles. The van der Waals surface area contributed by atoms with Crippen LogP contribution in [0.5, 0.6) is 0 Å². The van der Waals surface area contributed by atoms with E-state index < -0.39 is 0 Å². The standard InChI is InChI=1S/C11H20N2/c1-11(2)8-4-3-5-10(11)13-12-9-6-7-9/h9,12H,3-8H2,1-2H3/b13-10+. The molecule has 2 heteroatoms. The van der Waals surface area contributed by atoms with Gasteiger partial charge in [-0.2, -0.15) is 5.10 Å². The van der Waals surface area contributed by atoms with Crippen LogP contribution < -0.4 is 5.43 Å². The maximum atomic E-state index is 4.56. The fraction of sp³-hybridized carbons (Fsp3) is 0.909. The normalized spacial score (nSPS) is 30.5. The van der Waals surface area contributed by atoms with Crippen molar-refractivity contribution in [2.24, 2.45) is 10.5 Å². The van der Waals surface area contributed by atoms with Crippen molar-refractivity contribution in [2.45, 2.75) is 58.4 Å². The summed E-state index contributed by atoms with van der Waals surface area (Å²) in [4.78, 5) is 0. The number of rotatable bonds is 2. The summed E-state index contributed by atoms with van der Waals surface area (Å²) in [6.45, 7) is 4.64. The molecule has 0 aromatic carbocycles. The zero-order valence-electron chi connectivity index (χ0n) is 8.77. The summed E-state index contributed by atoms with van der Waals surface area (Å²) in [6, 6.07) is 0.699. The second-order valence-corrected chi connectivity index (χ2v) is 5.05. The first-order chi connectivity index (χ1) is 6.18. The van der Waals surface area contributed by atoms with E-state index in [0.717, 1.165) is 0 Å². The predicted molar refractivity (Wildman–Crippen MR) is 55.8 cm³/mol. The Labute approximate surface area is 80.8 Å². The van der Waals surface area contributed by atoms with Gasteiger partial charge in [0.05, 0.1) is 0 Å². The summed E-state index contributed by atoms with van der Waals surface area (Å²) in [6.07, 6.45) is 7.84. The summed E-state index contributed by atoms with van der Waals surface area (Å²) in [5.41, 5.74) is 5.01. The van der Waals surface area contributed by atoms with E-state index in [1.54, 1.807) is 0 Å². The van der Waals surface area contributed by atoms with Crippen molar-refractivity contribution in [3.63, 3.8) is 0 Å². The zero-order chi connectivity index (χ0) is 9.31. The maximum Gasteiger partial charge on any atom is 0.0441 e. The van der Waals surface area contributed by atoms with Crippen molar-refractivity contribution in [3.8, 4) is 0 Å². The van der Waals surface area contributed by atoms with Gasteiger partial charge < -0.3 is 5.43 Å². The number of nitrogens with one attached hydrogen (secondary N) is 1. The molecule has 0 heterocycles. The van der Waals surface area contributed by atoms with Gasteiger partial charge in [0, 0.05) is 17.2 Å². The number of hydrazone groups is 1. The van der Waals surface area contributed by atoms with Crippen molar-refractivity contribution in [2.75, 3.05) is 0 Å². The minimum atomic E-state index is 0.347. The van der Waals surface area contributed by atoms with Crippen LogP contribution >= 0.6 is 0 Å². The molecule has 1 N–H and O–H groups in total. The highest BCUT2D eigenvalue weighted by atomic mass is 15.3. The molecule has 0 unspecified atom stereocenters. The lowest BCUT2D eigenvalue weighted by Crippen LogP contribution is -2.30. The molecule has 0 bridgehead atoms. The smallest absolute Gasteiger partial charge is 0.0441 e. The van der Waals surface area contributed by atoms with Crippen molar-refractivity contribution in [1.29, 1.82) is 0 Å². The Morgan fingerprint density at radius 2 is 2.08 bits per heavy atom. The van der Waals surface area contributed by atoms with Crippen LogP contribution in [0, 0.1) is 5.41 Å². The molecule has 2 rings (SSSR count). The minimum absolute atomic E-state index is 0.347. The van der Waals surface area contributed by atoms with E-state index in [2.05, 4.69) is 24.4 Å². The van der Waals surface area contributed by atoms with Gasteiger partial charge in [0.25, 0.3) is 0 Å². The van der Waals surface area contributed by atoms with Crippen molar-refractivity contribution in [3.05, 3.63) is 0 Å². The molecule has 2 fully saturated rings. The minimum Gasteiger partial charge on any atom is -0.307 e. The third-order valence-electron chi connectivity index (χ3n) is 3.21. The van der Waals surface area contributed by atoms with Crippen LogP contribution in [0.1, 0.15) is 52.4 Å². The summed E-state index contributed by atoms with van der Waals surface area (Å²) in [7, 11) is 0. The lowest BCUT2D eigenvalue weighted by molar-refractivity contribution is 0.406. The third kappa shape index (κ3) is 2.23. The third-order valence-corrected chi connectivity index (χ3v) is 3.21. The Kier molecular flexibility index (Phi) is 2.31. The monoisotopic (exact) mass is 180 g/mol. The molecule has 2 aliphatic rings. The average Bonchev–Trinajstić information content (AvgIpc) is 2.85. The first kappa shape index (κ1) is 9.04. The SMILES string of the molecule is CC1(C)CCCC/C1=N\NC1CC1. The predicted octanol–water partition coefficient (Wildman–Crippen LogP) is 2.69. The second kappa shape index (κ2) is 3.32. The molecule has 0 aliphatic heterocycles. The Morgan fingerprint density at radius 3 is 2.69 bits per heavy atom. The quantitative estimate of drug-likeness (QED) is 0.649. The zero-order valence-corrected chi connectivity index (χ0v) is 8.77. The van der Waals surface area contributed by atoms with Gasteiger partial charge in [0.1, 0.15) is 0 Å². The molecule has 13 heavy (non-hydrogen) atoms. The van der Waals surface area contributed by atoms with Gasteiger partial charge in [-0.3, -0.25) is 0 Å². The number of nitrogens with zero attached hydrogens (tertiary/aromatic N) is 1. The molecule has 2 nitrogen and oxygen atoms in total. The van der Waals surface area contributed by atoms with E-state index in [0.29, 0.717) is 11.5 Å². The Hall–Kier alpha value is -0.530. The highest BCUT2D eigenvalue weighted by Gasteiger charge is 2.29. The van der Waals surface area contributed by atoms with Crippen LogP contribution in [-0.2, 0) is 0 Å². The van der Waals surface area contributed by atoms with E-state index in [9.17, 15) is 0 Å². The molecule has 0 amide bonds. The molecular formula is C11H20N2. The molecule has 0 radical (unpaired) electrons.